The maximum atomic E-state index is 3.54. The predicted octanol–water partition coefficient (Wildman–Crippen LogP) is 3.48. The van der Waals surface area contributed by atoms with Gasteiger partial charge < -0.3 is 5.32 Å². The fourth-order valence-electron chi connectivity index (χ4n) is 3.04. The minimum atomic E-state index is 0.291. The molecule has 3 rings (SSSR count). The van der Waals surface area contributed by atoms with Crippen LogP contribution < -0.4 is 5.32 Å². The summed E-state index contributed by atoms with van der Waals surface area (Å²) in [5.74, 6) is 0. The summed E-state index contributed by atoms with van der Waals surface area (Å²) in [6.07, 6.45) is 2.56. The molecule has 88 valence electrons. The maximum absolute atomic E-state index is 3.54. The largest absolute Gasteiger partial charge is 0.316 e. The van der Waals surface area contributed by atoms with Gasteiger partial charge in [0.15, 0.2) is 0 Å². The van der Waals surface area contributed by atoms with E-state index in [-0.39, 0.29) is 0 Å². The van der Waals surface area contributed by atoms with Crippen LogP contribution in [0.2, 0.25) is 0 Å². The third kappa shape index (κ3) is 1.85. The summed E-state index contributed by atoms with van der Waals surface area (Å²) in [6.45, 7) is 4.66. The van der Waals surface area contributed by atoms with Crippen LogP contribution in [0.1, 0.15) is 25.3 Å². The fraction of sp³-hybridized carbons (Fsp3) is 0.375. The molecule has 1 aliphatic rings. The van der Waals surface area contributed by atoms with Crippen molar-refractivity contribution in [3.05, 3.63) is 48.0 Å². The van der Waals surface area contributed by atoms with Crippen molar-refractivity contribution in [2.45, 2.75) is 25.2 Å². The van der Waals surface area contributed by atoms with Gasteiger partial charge in [-0.15, -0.1) is 0 Å². The smallest absolute Gasteiger partial charge is 0.00561 e. The van der Waals surface area contributed by atoms with E-state index in [4.69, 9.17) is 0 Å². The SMILES string of the molecule is CC1(c2cccc3ccccc23)CCCNC1. The lowest BCUT2D eigenvalue weighted by atomic mass is 9.75. The number of hydrogen-bond donors (Lipinski definition) is 1. The molecule has 1 nitrogen and oxygen atoms in total. The molecule has 0 radical (unpaired) electrons. The van der Waals surface area contributed by atoms with Crippen LogP contribution in [-0.4, -0.2) is 13.1 Å². The van der Waals surface area contributed by atoms with Gasteiger partial charge in [-0.05, 0) is 35.7 Å². The number of fused-ring (bicyclic) bond motifs is 1. The molecule has 1 heteroatoms. The van der Waals surface area contributed by atoms with Crippen molar-refractivity contribution in [3.8, 4) is 0 Å². The molecular weight excluding hydrogens is 206 g/mol. The first-order valence-electron chi connectivity index (χ1n) is 6.49. The number of nitrogens with one attached hydrogen (secondary N) is 1. The molecule has 0 spiro atoms. The van der Waals surface area contributed by atoms with Crippen LogP contribution >= 0.6 is 0 Å². The van der Waals surface area contributed by atoms with E-state index in [1.807, 2.05) is 0 Å². The van der Waals surface area contributed by atoms with E-state index in [1.54, 1.807) is 0 Å². The van der Waals surface area contributed by atoms with Gasteiger partial charge in [0.1, 0.15) is 0 Å². The average molecular weight is 225 g/mol. The Morgan fingerprint density at radius 2 is 1.88 bits per heavy atom. The summed E-state index contributed by atoms with van der Waals surface area (Å²) in [6, 6.07) is 15.4. The van der Waals surface area contributed by atoms with Crippen LogP contribution in [0.3, 0.4) is 0 Å². The van der Waals surface area contributed by atoms with E-state index >= 15 is 0 Å². The lowest BCUT2D eigenvalue weighted by molar-refractivity contribution is 0.342. The van der Waals surface area contributed by atoms with Crippen LogP contribution in [0.5, 0.6) is 0 Å². The highest BCUT2D eigenvalue weighted by Crippen LogP contribution is 2.35. The first kappa shape index (κ1) is 10.8. The summed E-state index contributed by atoms with van der Waals surface area (Å²) < 4.78 is 0. The zero-order valence-corrected chi connectivity index (χ0v) is 10.4. The quantitative estimate of drug-likeness (QED) is 0.783. The minimum absolute atomic E-state index is 0.291. The van der Waals surface area contributed by atoms with E-state index in [0.717, 1.165) is 6.54 Å². The number of benzene rings is 2. The summed E-state index contributed by atoms with van der Waals surface area (Å²) in [4.78, 5) is 0. The van der Waals surface area contributed by atoms with Gasteiger partial charge in [0.05, 0.1) is 0 Å². The van der Waals surface area contributed by atoms with Crippen LogP contribution in [0, 0.1) is 0 Å². The van der Waals surface area contributed by atoms with Crippen LogP contribution in [-0.2, 0) is 5.41 Å². The maximum Gasteiger partial charge on any atom is 0.00561 e. The minimum Gasteiger partial charge on any atom is -0.316 e. The molecule has 0 amide bonds. The van der Waals surface area contributed by atoms with Gasteiger partial charge in [-0.1, -0.05) is 49.4 Å². The summed E-state index contributed by atoms with van der Waals surface area (Å²) in [7, 11) is 0. The Balaban J connectivity index is 2.16. The summed E-state index contributed by atoms with van der Waals surface area (Å²) in [5.41, 5.74) is 1.79. The van der Waals surface area contributed by atoms with Crippen molar-refractivity contribution in [1.82, 2.24) is 5.32 Å². The lowest BCUT2D eigenvalue weighted by Gasteiger charge is -2.35. The molecule has 2 aromatic rings. The Morgan fingerprint density at radius 3 is 2.71 bits per heavy atom. The van der Waals surface area contributed by atoms with Gasteiger partial charge in [0, 0.05) is 12.0 Å². The Bertz CT molecular complexity index is 519. The molecule has 0 saturated carbocycles. The van der Waals surface area contributed by atoms with E-state index < -0.39 is 0 Å². The van der Waals surface area contributed by atoms with E-state index in [9.17, 15) is 0 Å². The fourth-order valence-corrected chi connectivity index (χ4v) is 3.04. The van der Waals surface area contributed by atoms with Gasteiger partial charge in [0.25, 0.3) is 0 Å². The van der Waals surface area contributed by atoms with Gasteiger partial charge in [-0.3, -0.25) is 0 Å². The standard InChI is InChI=1S/C16H19N/c1-16(10-5-11-17-12-16)15-9-4-7-13-6-2-3-8-14(13)15/h2-4,6-9,17H,5,10-12H2,1H3. The summed E-state index contributed by atoms with van der Waals surface area (Å²) in [5, 5.41) is 6.31. The second kappa shape index (κ2) is 4.15. The normalized spacial score (nSPS) is 25.0. The second-order valence-corrected chi connectivity index (χ2v) is 5.37. The van der Waals surface area contributed by atoms with Crippen LogP contribution in [0.15, 0.2) is 42.5 Å². The van der Waals surface area contributed by atoms with Gasteiger partial charge in [-0.2, -0.15) is 0 Å². The Hall–Kier alpha value is -1.34. The van der Waals surface area contributed by atoms with Crippen molar-refractivity contribution < 1.29 is 0 Å². The zero-order chi connectivity index (χ0) is 11.7. The molecule has 0 bridgehead atoms. The molecule has 0 aromatic heterocycles. The highest BCUT2D eigenvalue weighted by atomic mass is 14.9. The first-order chi connectivity index (χ1) is 8.30. The highest BCUT2D eigenvalue weighted by Gasteiger charge is 2.29. The molecule has 1 unspecified atom stereocenters. The first-order valence-corrected chi connectivity index (χ1v) is 6.49. The molecule has 1 N–H and O–H groups in total. The molecule has 1 heterocycles. The monoisotopic (exact) mass is 225 g/mol. The van der Waals surface area contributed by atoms with Crippen molar-refractivity contribution in [1.29, 1.82) is 0 Å². The lowest BCUT2D eigenvalue weighted by Crippen LogP contribution is -2.41. The molecule has 1 atom stereocenters. The number of hydrogen-bond acceptors (Lipinski definition) is 1. The molecular formula is C16H19N. The third-order valence-electron chi connectivity index (χ3n) is 4.04. The van der Waals surface area contributed by atoms with Crippen LogP contribution in [0.4, 0.5) is 0 Å². The topological polar surface area (TPSA) is 12.0 Å². The molecule has 1 aliphatic heterocycles. The summed E-state index contributed by atoms with van der Waals surface area (Å²) >= 11 is 0. The van der Waals surface area contributed by atoms with E-state index in [2.05, 4.69) is 54.7 Å². The third-order valence-corrected chi connectivity index (χ3v) is 4.04. The van der Waals surface area contributed by atoms with Gasteiger partial charge in [-0.25, -0.2) is 0 Å². The molecule has 17 heavy (non-hydrogen) atoms. The number of rotatable bonds is 1. The molecule has 2 aromatic carbocycles. The zero-order valence-electron chi connectivity index (χ0n) is 10.4. The van der Waals surface area contributed by atoms with E-state index in [1.165, 1.54) is 35.7 Å². The highest BCUT2D eigenvalue weighted by molar-refractivity contribution is 5.86. The molecule has 0 aliphatic carbocycles. The predicted molar refractivity (Wildman–Crippen MR) is 73.4 cm³/mol. The Morgan fingerprint density at radius 1 is 1.06 bits per heavy atom. The van der Waals surface area contributed by atoms with Gasteiger partial charge >= 0.3 is 0 Å². The van der Waals surface area contributed by atoms with E-state index in [0.29, 0.717) is 5.41 Å². The Kier molecular flexibility index (Phi) is 2.64. The van der Waals surface area contributed by atoms with Crippen LogP contribution in [0.25, 0.3) is 10.8 Å². The Labute approximate surface area is 103 Å². The second-order valence-electron chi connectivity index (χ2n) is 5.37. The van der Waals surface area contributed by atoms with Crippen molar-refractivity contribution in [3.63, 3.8) is 0 Å². The van der Waals surface area contributed by atoms with Crippen molar-refractivity contribution >= 4 is 10.8 Å². The molecule has 1 saturated heterocycles. The molecule has 1 fully saturated rings. The van der Waals surface area contributed by atoms with Crippen molar-refractivity contribution in [2.75, 3.05) is 13.1 Å². The van der Waals surface area contributed by atoms with Gasteiger partial charge in [0.2, 0.25) is 0 Å². The van der Waals surface area contributed by atoms with Crippen molar-refractivity contribution in [2.24, 2.45) is 0 Å². The average Bonchev–Trinajstić information content (AvgIpc) is 2.39. The number of piperidine rings is 1.